The van der Waals surface area contributed by atoms with E-state index in [1.807, 2.05) is 18.2 Å². The van der Waals surface area contributed by atoms with Crippen LogP contribution in [-0.2, 0) is 0 Å². The fourth-order valence-corrected chi connectivity index (χ4v) is 1.89. The van der Waals surface area contributed by atoms with E-state index in [0.29, 0.717) is 10.6 Å². The summed E-state index contributed by atoms with van der Waals surface area (Å²) in [6.45, 7) is 0. The SMILES string of the molecule is N#Cc1sc2ncccc2c1N. The highest BCUT2D eigenvalue weighted by atomic mass is 32.1. The van der Waals surface area contributed by atoms with Crippen molar-refractivity contribution in [3.8, 4) is 6.07 Å². The van der Waals surface area contributed by atoms with E-state index in [9.17, 15) is 0 Å². The Labute approximate surface area is 73.1 Å². The highest BCUT2D eigenvalue weighted by molar-refractivity contribution is 7.19. The summed E-state index contributed by atoms with van der Waals surface area (Å²) < 4.78 is 0. The fourth-order valence-electron chi connectivity index (χ4n) is 1.03. The number of hydrogen-bond donors (Lipinski definition) is 1. The summed E-state index contributed by atoms with van der Waals surface area (Å²) in [6, 6.07) is 5.72. The van der Waals surface area contributed by atoms with E-state index in [0.717, 1.165) is 10.2 Å². The van der Waals surface area contributed by atoms with Gasteiger partial charge in [-0.15, -0.1) is 11.3 Å². The second-order valence-electron chi connectivity index (χ2n) is 2.31. The van der Waals surface area contributed by atoms with Crippen LogP contribution in [0.25, 0.3) is 10.2 Å². The minimum Gasteiger partial charge on any atom is -0.396 e. The van der Waals surface area contributed by atoms with Gasteiger partial charge in [-0.1, -0.05) is 0 Å². The maximum absolute atomic E-state index is 8.67. The Morgan fingerprint density at radius 1 is 1.58 bits per heavy atom. The number of nitrogens with two attached hydrogens (primary N) is 1. The summed E-state index contributed by atoms with van der Waals surface area (Å²) in [4.78, 5) is 5.47. The first-order valence-corrected chi connectivity index (χ1v) is 4.17. The van der Waals surface area contributed by atoms with Gasteiger partial charge < -0.3 is 5.73 Å². The van der Waals surface area contributed by atoms with E-state index in [1.165, 1.54) is 11.3 Å². The van der Waals surface area contributed by atoms with Crippen LogP contribution in [0.15, 0.2) is 18.3 Å². The van der Waals surface area contributed by atoms with Crippen LogP contribution >= 0.6 is 11.3 Å². The number of anilines is 1. The molecule has 0 aliphatic rings. The lowest BCUT2D eigenvalue weighted by Crippen LogP contribution is -1.84. The van der Waals surface area contributed by atoms with E-state index in [2.05, 4.69) is 4.98 Å². The number of rotatable bonds is 0. The van der Waals surface area contributed by atoms with Crippen LogP contribution in [0.2, 0.25) is 0 Å². The Bertz CT molecular complexity index is 467. The van der Waals surface area contributed by atoms with Crippen LogP contribution in [0.1, 0.15) is 4.88 Å². The second kappa shape index (κ2) is 2.47. The van der Waals surface area contributed by atoms with Crippen molar-refractivity contribution in [2.45, 2.75) is 0 Å². The Balaban J connectivity index is 2.90. The molecule has 0 radical (unpaired) electrons. The number of thiophene rings is 1. The summed E-state index contributed by atoms with van der Waals surface area (Å²) in [7, 11) is 0. The molecule has 0 atom stereocenters. The van der Waals surface area contributed by atoms with Gasteiger partial charge in [0.15, 0.2) is 0 Å². The van der Waals surface area contributed by atoms with Crippen LogP contribution in [0.4, 0.5) is 5.69 Å². The van der Waals surface area contributed by atoms with E-state index in [4.69, 9.17) is 11.0 Å². The number of nitrogens with zero attached hydrogens (tertiary/aromatic N) is 2. The molecule has 0 aliphatic heterocycles. The summed E-state index contributed by atoms with van der Waals surface area (Å²) in [5.74, 6) is 0. The lowest BCUT2D eigenvalue weighted by atomic mass is 10.3. The van der Waals surface area contributed by atoms with Crippen LogP contribution in [0, 0.1) is 11.3 Å². The molecule has 0 saturated heterocycles. The molecule has 12 heavy (non-hydrogen) atoms. The molecule has 2 aromatic heterocycles. The first-order valence-electron chi connectivity index (χ1n) is 3.36. The van der Waals surface area contributed by atoms with Crippen molar-refractivity contribution in [3.05, 3.63) is 23.2 Å². The molecule has 2 aromatic rings. The molecule has 2 heterocycles. The molecule has 0 bridgehead atoms. The summed E-state index contributed by atoms with van der Waals surface area (Å²) >= 11 is 1.33. The van der Waals surface area contributed by atoms with Gasteiger partial charge >= 0.3 is 0 Å². The fraction of sp³-hybridized carbons (Fsp3) is 0. The van der Waals surface area contributed by atoms with Crippen LogP contribution in [0.5, 0.6) is 0 Å². The maximum atomic E-state index is 8.67. The molecule has 0 spiro atoms. The predicted octanol–water partition coefficient (Wildman–Crippen LogP) is 1.75. The lowest BCUT2D eigenvalue weighted by molar-refractivity contribution is 1.45. The van der Waals surface area contributed by atoms with Gasteiger partial charge in [-0.2, -0.15) is 5.26 Å². The van der Waals surface area contributed by atoms with Gasteiger partial charge in [-0.25, -0.2) is 4.98 Å². The van der Waals surface area contributed by atoms with Crippen molar-refractivity contribution in [1.29, 1.82) is 5.26 Å². The molecule has 3 nitrogen and oxygen atoms in total. The Morgan fingerprint density at radius 3 is 3.08 bits per heavy atom. The van der Waals surface area contributed by atoms with Gasteiger partial charge in [0.1, 0.15) is 15.8 Å². The topological polar surface area (TPSA) is 62.7 Å². The number of pyridine rings is 1. The number of fused-ring (bicyclic) bond motifs is 1. The molecule has 0 aliphatic carbocycles. The third-order valence-electron chi connectivity index (χ3n) is 1.61. The van der Waals surface area contributed by atoms with Crippen molar-refractivity contribution in [2.75, 3.05) is 5.73 Å². The molecular weight excluding hydrogens is 170 g/mol. The first kappa shape index (κ1) is 7.07. The molecule has 58 valence electrons. The van der Waals surface area contributed by atoms with E-state index in [1.54, 1.807) is 6.20 Å². The number of nitriles is 1. The van der Waals surface area contributed by atoms with Crippen LogP contribution in [-0.4, -0.2) is 4.98 Å². The van der Waals surface area contributed by atoms with E-state index >= 15 is 0 Å². The smallest absolute Gasteiger partial charge is 0.130 e. The number of nitrogen functional groups attached to an aromatic ring is 1. The maximum Gasteiger partial charge on any atom is 0.130 e. The molecule has 0 aromatic carbocycles. The average Bonchev–Trinajstić information content (AvgIpc) is 2.44. The molecule has 2 rings (SSSR count). The second-order valence-corrected chi connectivity index (χ2v) is 3.31. The van der Waals surface area contributed by atoms with Crippen molar-refractivity contribution < 1.29 is 0 Å². The van der Waals surface area contributed by atoms with Gasteiger partial charge in [0, 0.05) is 11.6 Å². The van der Waals surface area contributed by atoms with Crippen LogP contribution in [0.3, 0.4) is 0 Å². The zero-order valence-corrected chi connectivity index (χ0v) is 6.93. The molecule has 0 saturated carbocycles. The first-order chi connectivity index (χ1) is 5.83. The third-order valence-corrected chi connectivity index (χ3v) is 2.64. The Hall–Kier alpha value is -1.60. The number of aromatic nitrogens is 1. The van der Waals surface area contributed by atoms with Crippen molar-refractivity contribution in [3.63, 3.8) is 0 Å². The molecule has 0 amide bonds. The quantitative estimate of drug-likeness (QED) is 0.663. The van der Waals surface area contributed by atoms with E-state index in [-0.39, 0.29) is 0 Å². The van der Waals surface area contributed by atoms with Gasteiger partial charge in [0.2, 0.25) is 0 Å². The van der Waals surface area contributed by atoms with Gasteiger partial charge in [-0.3, -0.25) is 0 Å². The van der Waals surface area contributed by atoms with Crippen molar-refractivity contribution in [1.82, 2.24) is 4.98 Å². The monoisotopic (exact) mass is 175 g/mol. The average molecular weight is 175 g/mol. The Kier molecular flexibility index (Phi) is 1.45. The lowest BCUT2D eigenvalue weighted by Gasteiger charge is -1.87. The van der Waals surface area contributed by atoms with Crippen LogP contribution < -0.4 is 5.73 Å². The van der Waals surface area contributed by atoms with Crippen molar-refractivity contribution in [2.24, 2.45) is 0 Å². The summed E-state index contributed by atoms with van der Waals surface area (Å²) in [6.07, 6.45) is 1.69. The molecule has 0 unspecified atom stereocenters. The highest BCUT2D eigenvalue weighted by Crippen LogP contribution is 2.30. The van der Waals surface area contributed by atoms with E-state index < -0.39 is 0 Å². The van der Waals surface area contributed by atoms with Gasteiger partial charge in [-0.05, 0) is 12.1 Å². The minimum atomic E-state index is 0.545. The van der Waals surface area contributed by atoms with Gasteiger partial charge in [0.05, 0.1) is 5.69 Å². The van der Waals surface area contributed by atoms with Crippen molar-refractivity contribution >= 4 is 27.2 Å². The third kappa shape index (κ3) is 0.840. The zero-order chi connectivity index (χ0) is 8.55. The largest absolute Gasteiger partial charge is 0.396 e. The molecule has 0 fully saturated rings. The summed E-state index contributed by atoms with van der Waals surface area (Å²) in [5, 5.41) is 9.55. The predicted molar refractivity (Wildman–Crippen MR) is 48.7 cm³/mol. The molecular formula is C8H5N3S. The standard InChI is InChI=1S/C8H5N3S/c9-4-6-7(10)5-2-1-3-11-8(5)12-6/h1-3H,10H2. The molecule has 4 heteroatoms. The number of hydrogen-bond acceptors (Lipinski definition) is 4. The minimum absolute atomic E-state index is 0.545. The van der Waals surface area contributed by atoms with Gasteiger partial charge in [0.25, 0.3) is 0 Å². The normalized spacial score (nSPS) is 9.92. The zero-order valence-electron chi connectivity index (χ0n) is 6.11. The molecule has 2 N–H and O–H groups in total. The highest BCUT2D eigenvalue weighted by Gasteiger charge is 2.07. The summed E-state index contributed by atoms with van der Waals surface area (Å²) in [5.41, 5.74) is 6.24. The Morgan fingerprint density at radius 2 is 2.42 bits per heavy atom.